The molecule has 10 rings (SSSR count). The molecule has 4 heterocycles. The predicted molar refractivity (Wildman–Crippen MR) is 231 cm³/mol. The minimum Gasteiger partial charge on any atom is -0.255 e. The van der Waals surface area contributed by atoms with Crippen LogP contribution in [0.4, 0.5) is 0 Å². The Balaban J connectivity index is 1.03. The van der Waals surface area contributed by atoms with Crippen molar-refractivity contribution < 1.29 is 0 Å². The lowest BCUT2D eigenvalue weighted by molar-refractivity contribution is 1.22. The second-order valence-corrected chi connectivity index (χ2v) is 13.9. The topological polar surface area (TPSA) is 51.6 Å². The van der Waals surface area contributed by atoms with Crippen LogP contribution in [0.3, 0.4) is 0 Å². The van der Waals surface area contributed by atoms with E-state index in [1.807, 2.05) is 36.4 Å². The lowest BCUT2D eigenvalue weighted by Gasteiger charge is -2.15. The van der Waals surface area contributed by atoms with Crippen LogP contribution in [0.15, 0.2) is 207 Å². The van der Waals surface area contributed by atoms with Crippen molar-refractivity contribution in [3.05, 3.63) is 207 Å². The number of fused-ring (bicyclic) bond motifs is 3. The highest BCUT2D eigenvalue weighted by atomic mass is 14.8. The minimum absolute atomic E-state index is 0.809. The lowest BCUT2D eigenvalue weighted by atomic mass is 9.92. The average Bonchev–Trinajstić information content (AvgIpc) is 3.29. The molecule has 0 saturated carbocycles. The summed E-state index contributed by atoms with van der Waals surface area (Å²) in [6.45, 7) is 0. The van der Waals surface area contributed by atoms with Crippen LogP contribution in [0.1, 0.15) is 0 Å². The largest absolute Gasteiger partial charge is 0.255 e. The third-order valence-electron chi connectivity index (χ3n) is 10.4. The van der Waals surface area contributed by atoms with Crippen molar-refractivity contribution in [2.45, 2.75) is 0 Å². The quantitative estimate of drug-likeness (QED) is 0.154. The van der Waals surface area contributed by atoms with Crippen molar-refractivity contribution in [3.8, 4) is 78.5 Å². The molecule has 0 unspecified atom stereocenters. The van der Waals surface area contributed by atoms with Gasteiger partial charge in [-0.15, -0.1) is 0 Å². The van der Waals surface area contributed by atoms with Gasteiger partial charge in [0.15, 0.2) is 0 Å². The van der Waals surface area contributed by atoms with Gasteiger partial charge in [0.1, 0.15) is 0 Å². The molecular formula is C52H34N4. The van der Waals surface area contributed by atoms with Crippen LogP contribution in [0.25, 0.3) is 100 Å². The van der Waals surface area contributed by atoms with Crippen LogP contribution in [0, 0.1) is 0 Å². The van der Waals surface area contributed by atoms with E-state index in [2.05, 4.69) is 168 Å². The molecule has 0 saturated heterocycles. The molecule has 0 atom stereocenters. The summed E-state index contributed by atoms with van der Waals surface area (Å²) in [5.41, 5.74) is 15.4. The fourth-order valence-corrected chi connectivity index (χ4v) is 7.63. The van der Waals surface area contributed by atoms with Crippen LogP contribution in [0.2, 0.25) is 0 Å². The summed E-state index contributed by atoms with van der Waals surface area (Å²) in [5.74, 6) is 0. The normalized spacial score (nSPS) is 11.2. The Morgan fingerprint density at radius 3 is 1.45 bits per heavy atom. The van der Waals surface area contributed by atoms with Gasteiger partial charge in [-0.05, 0) is 93.0 Å². The Hall–Kier alpha value is -7.56. The zero-order valence-corrected chi connectivity index (χ0v) is 30.4. The molecule has 10 aromatic rings. The molecule has 56 heavy (non-hydrogen) atoms. The third kappa shape index (κ3) is 6.29. The molecule has 0 amide bonds. The molecular weight excluding hydrogens is 681 g/mol. The Kier molecular flexibility index (Phi) is 8.47. The summed E-state index contributed by atoms with van der Waals surface area (Å²) in [6.07, 6.45) is 3.60. The molecule has 0 aliphatic carbocycles. The van der Waals surface area contributed by atoms with Crippen molar-refractivity contribution in [2.75, 3.05) is 0 Å². The standard InChI is InChI=1S/C52H34N4/c1-3-13-37(14-4-1)43-19-12-20-45-51(43)44-28-27-41(32-48(44)56-52(45)38-15-5-2-6-16-38)36-25-23-35(24-26-36)39-17-11-18-40(31-39)42-33-49(46-21-7-9-29-53-46)55-50(34-42)47-22-8-10-30-54-47/h1-34H. The second kappa shape index (κ2) is 14.3. The van der Waals surface area contributed by atoms with E-state index in [4.69, 9.17) is 9.97 Å². The first-order valence-corrected chi connectivity index (χ1v) is 18.8. The molecule has 0 bridgehead atoms. The highest BCUT2D eigenvalue weighted by molar-refractivity contribution is 6.17. The molecule has 0 fully saturated rings. The van der Waals surface area contributed by atoms with Gasteiger partial charge in [-0.1, -0.05) is 146 Å². The van der Waals surface area contributed by atoms with Gasteiger partial charge in [-0.3, -0.25) is 9.97 Å². The summed E-state index contributed by atoms with van der Waals surface area (Å²) in [5, 5.41) is 3.51. The van der Waals surface area contributed by atoms with Gasteiger partial charge in [-0.2, -0.15) is 0 Å². The fraction of sp³-hybridized carbons (Fsp3) is 0. The number of rotatable bonds is 7. The predicted octanol–water partition coefficient (Wildman–Crippen LogP) is 13.2. The van der Waals surface area contributed by atoms with E-state index in [0.717, 1.165) is 83.7 Å². The maximum Gasteiger partial charge on any atom is 0.0900 e. The van der Waals surface area contributed by atoms with Crippen LogP contribution in [0.5, 0.6) is 0 Å². The zero-order chi connectivity index (χ0) is 37.3. The highest BCUT2D eigenvalue weighted by Gasteiger charge is 2.16. The zero-order valence-electron chi connectivity index (χ0n) is 30.4. The SMILES string of the molecule is c1ccc(-c2nc3cc(-c4ccc(-c5cccc(-c6cc(-c7ccccn7)nc(-c7ccccn7)c6)c5)cc4)ccc3c3c(-c4ccccc4)cccc23)cc1. The van der Waals surface area contributed by atoms with Crippen molar-refractivity contribution >= 4 is 21.7 Å². The molecule has 4 heteroatoms. The Bertz CT molecular complexity index is 2930. The van der Waals surface area contributed by atoms with Crippen molar-refractivity contribution in [3.63, 3.8) is 0 Å². The molecule has 6 aromatic carbocycles. The minimum atomic E-state index is 0.809. The molecule has 0 aliphatic heterocycles. The summed E-state index contributed by atoms with van der Waals surface area (Å²) >= 11 is 0. The third-order valence-corrected chi connectivity index (χ3v) is 10.4. The van der Waals surface area contributed by atoms with E-state index >= 15 is 0 Å². The number of hydrogen-bond acceptors (Lipinski definition) is 4. The van der Waals surface area contributed by atoms with E-state index in [0.29, 0.717) is 0 Å². The van der Waals surface area contributed by atoms with Crippen molar-refractivity contribution in [1.29, 1.82) is 0 Å². The molecule has 0 N–H and O–H groups in total. The average molecular weight is 715 g/mol. The number of benzene rings is 6. The van der Waals surface area contributed by atoms with E-state index in [1.54, 1.807) is 12.4 Å². The Morgan fingerprint density at radius 2 is 0.821 bits per heavy atom. The molecule has 4 aromatic heterocycles. The molecule has 0 aliphatic rings. The van der Waals surface area contributed by atoms with Gasteiger partial charge in [0.25, 0.3) is 0 Å². The molecule has 262 valence electrons. The molecule has 0 radical (unpaired) electrons. The molecule has 0 spiro atoms. The lowest BCUT2D eigenvalue weighted by Crippen LogP contribution is -1.94. The fourth-order valence-electron chi connectivity index (χ4n) is 7.63. The van der Waals surface area contributed by atoms with Gasteiger partial charge < -0.3 is 0 Å². The number of nitrogens with zero attached hydrogens (tertiary/aromatic N) is 4. The second-order valence-electron chi connectivity index (χ2n) is 13.9. The van der Waals surface area contributed by atoms with E-state index in [9.17, 15) is 0 Å². The summed E-state index contributed by atoms with van der Waals surface area (Å²) < 4.78 is 0. The smallest absolute Gasteiger partial charge is 0.0900 e. The van der Waals surface area contributed by atoms with Gasteiger partial charge in [-0.25, -0.2) is 9.97 Å². The summed E-state index contributed by atoms with van der Waals surface area (Å²) in [4.78, 5) is 19.5. The van der Waals surface area contributed by atoms with Crippen LogP contribution >= 0.6 is 0 Å². The Labute approximate surface area is 325 Å². The summed E-state index contributed by atoms with van der Waals surface area (Å²) in [7, 11) is 0. The van der Waals surface area contributed by atoms with Gasteiger partial charge in [0.2, 0.25) is 0 Å². The monoisotopic (exact) mass is 714 g/mol. The first-order chi connectivity index (χ1) is 27.7. The Morgan fingerprint density at radius 1 is 0.286 bits per heavy atom. The number of hydrogen-bond donors (Lipinski definition) is 0. The maximum atomic E-state index is 5.34. The maximum absolute atomic E-state index is 5.34. The highest BCUT2D eigenvalue weighted by Crippen LogP contribution is 2.40. The van der Waals surface area contributed by atoms with Gasteiger partial charge in [0.05, 0.1) is 34.0 Å². The van der Waals surface area contributed by atoms with Gasteiger partial charge in [0, 0.05) is 34.1 Å². The van der Waals surface area contributed by atoms with Crippen LogP contribution in [-0.4, -0.2) is 19.9 Å². The first kappa shape index (κ1) is 33.0. The number of aromatic nitrogens is 4. The van der Waals surface area contributed by atoms with Crippen LogP contribution in [-0.2, 0) is 0 Å². The van der Waals surface area contributed by atoms with Crippen molar-refractivity contribution in [2.24, 2.45) is 0 Å². The molecule has 4 nitrogen and oxygen atoms in total. The number of pyridine rings is 4. The summed E-state index contributed by atoms with van der Waals surface area (Å²) in [6, 6.07) is 68.0. The van der Waals surface area contributed by atoms with E-state index < -0.39 is 0 Å². The van der Waals surface area contributed by atoms with Gasteiger partial charge >= 0.3 is 0 Å². The van der Waals surface area contributed by atoms with E-state index in [1.165, 1.54) is 16.5 Å². The van der Waals surface area contributed by atoms with Crippen molar-refractivity contribution in [1.82, 2.24) is 19.9 Å². The van der Waals surface area contributed by atoms with Crippen LogP contribution < -0.4 is 0 Å². The first-order valence-electron chi connectivity index (χ1n) is 18.8. The van der Waals surface area contributed by atoms with E-state index in [-0.39, 0.29) is 0 Å².